The number of thiophene rings is 1. The van der Waals surface area contributed by atoms with Crippen molar-refractivity contribution in [2.24, 2.45) is 0 Å². The van der Waals surface area contributed by atoms with Gasteiger partial charge in [0.1, 0.15) is 4.21 Å². The van der Waals surface area contributed by atoms with Crippen LogP contribution in [0.1, 0.15) is 0 Å². The predicted molar refractivity (Wildman–Crippen MR) is 79.8 cm³/mol. The second kappa shape index (κ2) is 9.11. The van der Waals surface area contributed by atoms with Crippen LogP contribution in [0, 0.1) is 0 Å². The van der Waals surface area contributed by atoms with Gasteiger partial charge in [-0.2, -0.15) is 4.31 Å². The van der Waals surface area contributed by atoms with Gasteiger partial charge in [0.2, 0.25) is 5.91 Å². The Morgan fingerprint density at radius 1 is 1.38 bits per heavy atom. The van der Waals surface area contributed by atoms with E-state index in [-0.39, 0.29) is 16.7 Å². The molecule has 1 aromatic rings. The summed E-state index contributed by atoms with van der Waals surface area (Å²) < 4.78 is 35.4. The maximum atomic E-state index is 12.1. The molecule has 1 amide bonds. The van der Waals surface area contributed by atoms with Crippen molar-refractivity contribution in [3.63, 3.8) is 0 Å². The van der Waals surface area contributed by atoms with Crippen LogP contribution in [0.5, 0.6) is 0 Å². The lowest BCUT2D eigenvalue weighted by Gasteiger charge is -2.15. The quantitative estimate of drug-likeness (QED) is 0.615. The van der Waals surface area contributed by atoms with E-state index in [0.29, 0.717) is 26.4 Å². The highest BCUT2D eigenvalue weighted by atomic mass is 32.2. The minimum atomic E-state index is -3.59. The minimum absolute atomic E-state index is 0.223. The average molecular weight is 336 g/mol. The van der Waals surface area contributed by atoms with Gasteiger partial charge in [-0.3, -0.25) is 4.79 Å². The normalized spacial score (nSPS) is 11.8. The monoisotopic (exact) mass is 336 g/mol. The number of rotatable bonds is 10. The molecule has 0 aliphatic heterocycles. The summed E-state index contributed by atoms with van der Waals surface area (Å²) in [5.74, 6) is -0.368. The number of ether oxygens (including phenoxy) is 2. The van der Waals surface area contributed by atoms with Crippen LogP contribution in [-0.2, 0) is 24.3 Å². The van der Waals surface area contributed by atoms with Crippen LogP contribution >= 0.6 is 11.3 Å². The number of carbonyl (C=O) groups excluding carboxylic acids is 1. The van der Waals surface area contributed by atoms with E-state index >= 15 is 0 Å². The second-order valence-corrected chi connectivity index (χ2v) is 7.37. The molecule has 7 nitrogen and oxygen atoms in total. The van der Waals surface area contributed by atoms with Crippen molar-refractivity contribution >= 4 is 27.3 Å². The van der Waals surface area contributed by atoms with Gasteiger partial charge in [0.05, 0.1) is 26.4 Å². The second-order valence-electron chi connectivity index (χ2n) is 4.15. The third kappa shape index (κ3) is 6.10. The fourth-order valence-corrected chi connectivity index (χ4v) is 3.74. The summed E-state index contributed by atoms with van der Waals surface area (Å²) in [6.07, 6.45) is 0. The molecule has 1 N–H and O–H groups in total. The summed E-state index contributed by atoms with van der Waals surface area (Å²) in [7, 11) is -0.633. The standard InChI is InChI=1S/C12H20N2O5S2/c1-14(21(16,17)12-4-3-9-20-12)10-11(15)13-5-6-19-8-7-18-2/h3-4,9H,5-8,10H2,1-2H3,(H,13,15). The molecule has 0 unspecified atom stereocenters. The van der Waals surface area contributed by atoms with Crippen LogP contribution < -0.4 is 5.32 Å². The number of likely N-dealkylation sites (N-methyl/N-ethyl adjacent to an activating group) is 1. The molecule has 9 heteroatoms. The summed E-state index contributed by atoms with van der Waals surface area (Å²) in [5.41, 5.74) is 0. The van der Waals surface area contributed by atoms with Crippen LogP contribution in [0.2, 0.25) is 0 Å². The first kappa shape index (κ1) is 18.1. The zero-order valence-corrected chi connectivity index (χ0v) is 13.7. The molecule has 0 aliphatic rings. The largest absolute Gasteiger partial charge is 0.382 e. The number of hydrogen-bond acceptors (Lipinski definition) is 6. The van der Waals surface area contributed by atoms with E-state index in [2.05, 4.69) is 5.32 Å². The van der Waals surface area contributed by atoms with E-state index in [1.165, 1.54) is 13.1 Å². The van der Waals surface area contributed by atoms with E-state index in [1.807, 2.05) is 0 Å². The maximum Gasteiger partial charge on any atom is 0.252 e. The molecule has 0 radical (unpaired) electrons. The lowest BCUT2D eigenvalue weighted by molar-refractivity contribution is -0.121. The smallest absolute Gasteiger partial charge is 0.252 e. The first-order valence-electron chi connectivity index (χ1n) is 6.31. The van der Waals surface area contributed by atoms with Gasteiger partial charge in [0.25, 0.3) is 10.0 Å². The van der Waals surface area contributed by atoms with E-state index in [4.69, 9.17) is 9.47 Å². The van der Waals surface area contributed by atoms with Crippen LogP contribution in [0.4, 0.5) is 0 Å². The number of amides is 1. The van der Waals surface area contributed by atoms with Gasteiger partial charge in [0.15, 0.2) is 0 Å². The topological polar surface area (TPSA) is 84.9 Å². The third-order valence-corrected chi connectivity index (χ3v) is 5.70. The molecule has 1 rings (SSSR count). The van der Waals surface area contributed by atoms with E-state index in [9.17, 15) is 13.2 Å². The Kier molecular flexibility index (Phi) is 7.83. The lowest BCUT2D eigenvalue weighted by atomic mass is 10.5. The van der Waals surface area contributed by atoms with Crippen molar-refractivity contribution < 1.29 is 22.7 Å². The van der Waals surface area contributed by atoms with Crippen molar-refractivity contribution in [3.05, 3.63) is 17.5 Å². The van der Waals surface area contributed by atoms with Crippen LogP contribution in [0.3, 0.4) is 0 Å². The summed E-state index contributed by atoms with van der Waals surface area (Å²) in [5, 5.41) is 4.28. The van der Waals surface area contributed by atoms with E-state index in [0.717, 1.165) is 15.6 Å². The Morgan fingerprint density at radius 2 is 2.14 bits per heavy atom. The molecule has 21 heavy (non-hydrogen) atoms. The minimum Gasteiger partial charge on any atom is -0.382 e. The molecule has 0 atom stereocenters. The molecule has 0 saturated heterocycles. The molecule has 0 aromatic carbocycles. The molecular formula is C12H20N2O5S2. The lowest BCUT2D eigenvalue weighted by Crippen LogP contribution is -2.39. The van der Waals surface area contributed by atoms with Gasteiger partial charge in [-0.1, -0.05) is 6.07 Å². The molecule has 0 bridgehead atoms. The molecular weight excluding hydrogens is 316 g/mol. The fraction of sp³-hybridized carbons (Fsp3) is 0.583. The zero-order valence-electron chi connectivity index (χ0n) is 12.1. The molecule has 120 valence electrons. The Balaban J connectivity index is 2.31. The summed E-state index contributed by atoms with van der Waals surface area (Å²) in [6.45, 7) is 1.42. The SMILES string of the molecule is COCCOCCNC(=O)CN(C)S(=O)(=O)c1cccs1. The maximum absolute atomic E-state index is 12.1. The van der Waals surface area contributed by atoms with Crippen molar-refractivity contribution in [3.8, 4) is 0 Å². The molecule has 0 spiro atoms. The number of nitrogens with one attached hydrogen (secondary N) is 1. The molecule has 1 heterocycles. The highest BCUT2D eigenvalue weighted by molar-refractivity contribution is 7.91. The first-order valence-corrected chi connectivity index (χ1v) is 8.63. The van der Waals surface area contributed by atoms with Crippen molar-refractivity contribution in [1.82, 2.24) is 9.62 Å². The van der Waals surface area contributed by atoms with E-state index in [1.54, 1.807) is 18.6 Å². The number of hydrogen-bond donors (Lipinski definition) is 1. The van der Waals surface area contributed by atoms with Gasteiger partial charge in [-0.25, -0.2) is 8.42 Å². The van der Waals surface area contributed by atoms with Crippen molar-refractivity contribution in [1.29, 1.82) is 0 Å². The Hall–Kier alpha value is -1.00. The Bertz CT molecular complexity index is 516. The van der Waals surface area contributed by atoms with Gasteiger partial charge in [0, 0.05) is 20.7 Å². The number of carbonyl (C=O) groups is 1. The predicted octanol–water partition coefficient (Wildman–Crippen LogP) is 0.148. The van der Waals surface area contributed by atoms with Crippen LogP contribution in [0.25, 0.3) is 0 Å². The van der Waals surface area contributed by atoms with Crippen LogP contribution in [0.15, 0.2) is 21.7 Å². The molecule has 0 fully saturated rings. The molecule has 1 aromatic heterocycles. The van der Waals surface area contributed by atoms with Crippen LogP contribution in [-0.4, -0.2) is 65.7 Å². The number of methoxy groups -OCH3 is 1. The highest BCUT2D eigenvalue weighted by Crippen LogP contribution is 2.19. The summed E-state index contributed by atoms with van der Waals surface area (Å²) in [4.78, 5) is 11.7. The summed E-state index contributed by atoms with van der Waals surface area (Å²) in [6, 6.07) is 3.17. The Morgan fingerprint density at radius 3 is 2.76 bits per heavy atom. The molecule has 0 saturated carbocycles. The fourth-order valence-electron chi connectivity index (χ4n) is 1.41. The molecule has 0 aliphatic carbocycles. The van der Waals surface area contributed by atoms with Crippen molar-refractivity contribution in [2.45, 2.75) is 4.21 Å². The van der Waals surface area contributed by atoms with Gasteiger partial charge in [-0.15, -0.1) is 11.3 Å². The number of sulfonamides is 1. The van der Waals surface area contributed by atoms with Crippen molar-refractivity contribution in [2.75, 3.05) is 47.1 Å². The average Bonchev–Trinajstić information content (AvgIpc) is 2.97. The zero-order chi connectivity index (χ0) is 15.7. The first-order chi connectivity index (χ1) is 9.98. The van der Waals surface area contributed by atoms with Gasteiger partial charge < -0.3 is 14.8 Å². The Labute approximate surface area is 128 Å². The third-order valence-electron chi connectivity index (χ3n) is 2.53. The van der Waals surface area contributed by atoms with Gasteiger partial charge >= 0.3 is 0 Å². The highest BCUT2D eigenvalue weighted by Gasteiger charge is 2.23. The van der Waals surface area contributed by atoms with E-state index < -0.39 is 10.0 Å². The summed E-state index contributed by atoms with van der Waals surface area (Å²) >= 11 is 1.12. The number of nitrogens with zero attached hydrogens (tertiary/aromatic N) is 1. The van der Waals surface area contributed by atoms with Gasteiger partial charge in [-0.05, 0) is 11.4 Å².